The Bertz CT molecular complexity index is 1350. The van der Waals surface area contributed by atoms with Crippen molar-refractivity contribution in [2.75, 3.05) is 13.1 Å². The van der Waals surface area contributed by atoms with Crippen molar-refractivity contribution in [3.05, 3.63) is 107 Å². The molecule has 0 bridgehead atoms. The standard InChI is InChI=1S/C32H32F6NO.BrH/c1-29-24-12-13-28(29)30(25-10-6-3-7-11-25,40-20-22-8-4-2-5-9-22)21-39(29,15-14-24)19-23-16-26(31(33,34)35)18-27(17-23)32(36,37)38;/h2-11,16-18,24,28H,12-15,19-21H2,1H3;1H/q+1;/p-1/t24-,28-,29+,30-,39+;/m0./s1. The highest BCUT2D eigenvalue weighted by atomic mass is 79.9. The summed E-state index contributed by atoms with van der Waals surface area (Å²) in [5, 5.41) is 0. The molecule has 0 N–H and O–H groups in total. The number of rotatable bonds is 6. The lowest BCUT2D eigenvalue weighted by Gasteiger charge is -2.44. The molecule has 9 heteroatoms. The summed E-state index contributed by atoms with van der Waals surface area (Å²) in [6.07, 6.45) is -6.97. The quantitative estimate of drug-likeness (QED) is 0.261. The Kier molecular flexibility index (Phi) is 7.65. The van der Waals surface area contributed by atoms with E-state index < -0.39 is 29.1 Å². The summed E-state index contributed by atoms with van der Waals surface area (Å²) in [5.41, 5.74) is -1.45. The number of halogens is 7. The molecule has 3 aliphatic rings. The van der Waals surface area contributed by atoms with Gasteiger partial charge in [0.1, 0.15) is 18.6 Å². The number of nitrogens with zero attached hydrogens (tertiary/aromatic N) is 1. The molecule has 2 nitrogen and oxygen atoms in total. The molecule has 2 heterocycles. The summed E-state index contributed by atoms with van der Waals surface area (Å²) in [6, 6.07) is 21.9. The summed E-state index contributed by atoms with van der Waals surface area (Å²) >= 11 is 0. The minimum atomic E-state index is -4.87. The number of ether oxygens (including phenoxy) is 1. The minimum Gasteiger partial charge on any atom is -1.00 e. The van der Waals surface area contributed by atoms with Gasteiger partial charge in [-0.2, -0.15) is 26.3 Å². The summed E-state index contributed by atoms with van der Waals surface area (Å²) in [7, 11) is 0. The number of hydrogen-bond donors (Lipinski definition) is 0. The van der Waals surface area contributed by atoms with Crippen molar-refractivity contribution >= 4 is 0 Å². The van der Waals surface area contributed by atoms with Gasteiger partial charge < -0.3 is 26.2 Å². The van der Waals surface area contributed by atoms with Crippen molar-refractivity contribution in [2.24, 2.45) is 11.8 Å². The van der Waals surface area contributed by atoms with Gasteiger partial charge in [0.2, 0.25) is 0 Å². The van der Waals surface area contributed by atoms with Gasteiger partial charge in [-0.1, -0.05) is 60.7 Å². The van der Waals surface area contributed by atoms with Gasteiger partial charge in [-0.25, -0.2) is 0 Å². The number of alkyl halides is 6. The lowest BCUT2D eigenvalue weighted by molar-refractivity contribution is -0.967. The normalized spacial score (nSPS) is 30.7. The predicted molar refractivity (Wildman–Crippen MR) is 139 cm³/mol. The molecule has 220 valence electrons. The van der Waals surface area contributed by atoms with E-state index in [-0.39, 0.29) is 46.6 Å². The minimum absolute atomic E-state index is 0. The average molecular weight is 641 g/mol. The van der Waals surface area contributed by atoms with E-state index >= 15 is 0 Å². The Balaban J connectivity index is 0.00000337. The van der Waals surface area contributed by atoms with Gasteiger partial charge in [-0.3, -0.25) is 0 Å². The molecule has 41 heavy (non-hydrogen) atoms. The summed E-state index contributed by atoms with van der Waals surface area (Å²) in [5.74, 6) is 0.405. The fraction of sp³-hybridized carbons (Fsp3) is 0.438. The maximum absolute atomic E-state index is 13.7. The average Bonchev–Trinajstić information content (AvgIpc) is 3.48. The second-order valence-corrected chi connectivity index (χ2v) is 12.0. The predicted octanol–water partition coefficient (Wildman–Crippen LogP) is 5.36. The fourth-order valence-corrected chi connectivity index (χ4v) is 8.34. The molecular formula is C32H32BrF6NO. The van der Waals surface area contributed by atoms with Crippen LogP contribution in [0.3, 0.4) is 0 Å². The molecule has 2 aliphatic heterocycles. The molecule has 0 aromatic heterocycles. The van der Waals surface area contributed by atoms with Crippen LogP contribution in [0, 0.1) is 11.8 Å². The molecule has 3 fully saturated rings. The molecule has 0 unspecified atom stereocenters. The lowest BCUT2D eigenvalue weighted by Crippen LogP contribution is -3.00. The molecule has 3 aromatic rings. The maximum atomic E-state index is 13.7. The molecule has 2 saturated heterocycles. The van der Waals surface area contributed by atoms with E-state index in [1.54, 1.807) is 0 Å². The lowest BCUT2D eigenvalue weighted by atomic mass is 9.74. The van der Waals surface area contributed by atoms with Crippen LogP contribution in [0.25, 0.3) is 0 Å². The van der Waals surface area contributed by atoms with E-state index in [1.807, 2.05) is 60.7 Å². The molecule has 6 rings (SSSR count). The largest absolute Gasteiger partial charge is 1.00 e. The van der Waals surface area contributed by atoms with Crippen LogP contribution in [0.5, 0.6) is 0 Å². The van der Waals surface area contributed by atoms with E-state index in [0.717, 1.165) is 42.5 Å². The Morgan fingerprint density at radius 2 is 1.37 bits per heavy atom. The molecule has 5 atom stereocenters. The summed E-state index contributed by atoms with van der Waals surface area (Å²) < 4.78 is 89.8. The number of quaternary nitrogens is 1. The Hall–Kier alpha value is -2.36. The van der Waals surface area contributed by atoms with Gasteiger partial charge in [0, 0.05) is 17.9 Å². The van der Waals surface area contributed by atoms with Crippen LogP contribution in [-0.2, 0) is 35.8 Å². The van der Waals surface area contributed by atoms with Crippen molar-refractivity contribution in [1.82, 2.24) is 0 Å². The molecule has 1 aliphatic carbocycles. The molecule has 3 aromatic carbocycles. The highest BCUT2D eigenvalue weighted by molar-refractivity contribution is 5.35. The molecular weight excluding hydrogens is 608 g/mol. The zero-order valence-electron chi connectivity index (χ0n) is 22.6. The van der Waals surface area contributed by atoms with Gasteiger partial charge >= 0.3 is 12.4 Å². The SMILES string of the molecule is C[C@@]12[C@H]3CC[C@@H]1[C@@](OCc1ccccc1)(c1ccccc1)C[N@+]2(Cc1cc(C(F)(F)F)cc(C(F)(F)F)c1)CC3.[Br-]. The first-order valence-electron chi connectivity index (χ1n) is 13.8. The van der Waals surface area contributed by atoms with E-state index in [0.29, 0.717) is 30.1 Å². The van der Waals surface area contributed by atoms with Gasteiger partial charge in [0.05, 0.1) is 30.2 Å². The number of hydrogen-bond acceptors (Lipinski definition) is 1. The van der Waals surface area contributed by atoms with Crippen molar-refractivity contribution < 1.29 is 52.5 Å². The molecule has 1 saturated carbocycles. The third kappa shape index (κ3) is 4.91. The van der Waals surface area contributed by atoms with E-state index in [2.05, 4.69) is 6.92 Å². The zero-order valence-corrected chi connectivity index (χ0v) is 24.2. The third-order valence-corrected chi connectivity index (χ3v) is 10.1. The fourth-order valence-electron chi connectivity index (χ4n) is 8.34. The second-order valence-electron chi connectivity index (χ2n) is 12.0. The topological polar surface area (TPSA) is 9.23 Å². The van der Waals surface area contributed by atoms with Crippen molar-refractivity contribution in [3.63, 3.8) is 0 Å². The van der Waals surface area contributed by atoms with Crippen molar-refractivity contribution in [1.29, 1.82) is 0 Å². The van der Waals surface area contributed by atoms with E-state index in [9.17, 15) is 26.3 Å². The highest BCUT2D eigenvalue weighted by Crippen LogP contribution is 2.67. The molecule has 0 amide bonds. The van der Waals surface area contributed by atoms with E-state index in [1.165, 1.54) is 0 Å². The van der Waals surface area contributed by atoms with Crippen LogP contribution in [0.4, 0.5) is 26.3 Å². The first kappa shape index (κ1) is 30.1. The van der Waals surface area contributed by atoms with Crippen molar-refractivity contribution in [2.45, 2.75) is 62.8 Å². The summed E-state index contributed by atoms with van der Waals surface area (Å²) in [6.45, 7) is 3.86. The second kappa shape index (κ2) is 10.4. The van der Waals surface area contributed by atoms with Crippen LogP contribution in [0.2, 0.25) is 0 Å². The molecule has 0 spiro atoms. The zero-order chi connectivity index (χ0) is 28.4. The van der Waals surface area contributed by atoms with E-state index in [4.69, 9.17) is 4.74 Å². The highest BCUT2D eigenvalue weighted by Gasteiger charge is 2.76. The summed E-state index contributed by atoms with van der Waals surface area (Å²) in [4.78, 5) is 0. The smallest absolute Gasteiger partial charge is 0.416 e. The first-order chi connectivity index (χ1) is 18.9. The Morgan fingerprint density at radius 1 is 0.780 bits per heavy atom. The third-order valence-electron chi connectivity index (χ3n) is 10.1. The van der Waals surface area contributed by atoms with Crippen molar-refractivity contribution in [3.8, 4) is 0 Å². The maximum Gasteiger partial charge on any atom is 0.416 e. The van der Waals surface area contributed by atoms with Crippen LogP contribution in [0.15, 0.2) is 78.9 Å². The van der Waals surface area contributed by atoms with Crippen LogP contribution in [0.1, 0.15) is 54.0 Å². The van der Waals surface area contributed by atoms with Crippen LogP contribution in [-0.4, -0.2) is 23.1 Å². The van der Waals surface area contributed by atoms with Gasteiger partial charge in [-0.05, 0) is 49.1 Å². The monoisotopic (exact) mass is 639 g/mol. The molecule has 0 radical (unpaired) electrons. The van der Waals surface area contributed by atoms with Crippen LogP contribution >= 0.6 is 0 Å². The van der Waals surface area contributed by atoms with Gasteiger partial charge in [0.25, 0.3) is 0 Å². The Morgan fingerprint density at radius 3 is 1.95 bits per heavy atom. The Labute approximate surface area is 246 Å². The van der Waals surface area contributed by atoms with Gasteiger partial charge in [-0.15, -0.1) is 0 Å². The number of benzene rings is 3. The van der Waals surface area contributed by atoms with Gasteiger partial charge in [0.15, 0.2) is 5.60 Å². The first-order valence-corrected chi connectivity index (χ1v) is 13.8. The van der Waals surface area contributed by atoms with Crippen LogP contribution < -0.4 is 17.0 Å².